The summed E-state index contributed by atoms with van der Waals surface area (Å²) >= 11 is 6.31. The number of ether oxygens (including phenoxy) is 1. The summed E-state index contributed by atoms with van der Waals surface area (Å²) in [5, 5.41) is 0.752. The molecule has 2 heterocycles. The summed E-state index contributed by atoms with van der Waals surface area (Å²) < 4.78 is 5.20. The Bertz CT molecular complexity index is 1020. The molecule has 30 heavy (non-hydrogen) atoms. The highest BCUT2D eigenvalue weighted by Crippen LogP contribution is 2.32. The molecule has 0 N–H and O–H groups in total. The van der Waals surface area contributed by atoms with Crippen LogP contribution in [0.1, 0.15) is 41.4 Å². The molecule has 1 fully saturated rings. The molecule has 3 aromatic rings. The summed E-state index contributed by atoms with van der Waals surface area (Å²) in [5.74, 6) is 0.936. The first-order valence-electron chi connectivity index (χ1n) is 10.3. The number of halogens is 1. The van der Waals surface area contributed by atoms with Crippen LogP contribution in [0.5, 0.6) is 5.75 Å². The van der Waals surface area contributed by atoms with Gasteiger partial charge in [-0.1, -0.05) is 48.0 Å². The van der Waals surface area contributed by atoms with Gasteiger partial charge in [0.2, 0.25) is 5.91 Å². The number of methoxy groups -OCH3 is 1. The fourth-order valence-corrected chi connectivity index (χ4v) is 4.21. The van der Waals surface area contributed by atoms with Crippen LogP contribution in [0.4, 0.5) is 0 Å². The van der Waals surface area contributed by atoms with Gasteiger partial charge in [0.05, 0.1) is 25.3 Å². The molecule has 1 aliphatic heterocycles. The van der Waals surface area contributed by atoms with Crippen molar-refractivity contribution in [1.29, 1.82) is 0 Å². The number of carbonyl (C=O) groups is 1. The number of amides is 1. The number of rotatable bonds is 6. The Balaban J connectivity index is 1.48. The first kappa shape index (κ1) is 20.4. The van der Waals surface area contributed by atoms with Crippen molar-refractivity contribution < 1.29 is 9.53 Å². The highest BCUT2D eigenvalue weighted by atomic mass is 35.5. The third-order valence-electron chi connectivity index (χ3n) is 5.59. The normalized spacial score (nSPS) is 15.9. The van der Waals surface area contributed by atoms with E-state index in [0.717, 1.165) is 52.7 Å². The number of carbonyl (C=O) groups excluding carboxylic acids is 1. The van der Waals surface area contributed by atoms with Gasteiger partial charge in [-0.2, -0.15) is 0 Å². The van der Waals surface area contributed by atoms with Crippen LogP contribution in [0, 0.1) is 0 Å². The summed E-state index contributed by atoms with van der Waals surface area (Å²) in [5.41, 5.74) is 3.98. The van der Waals surface area contributed by atoms with Crippen molar-refractivity contribution in [2.24, 2.45) is 0 Å². The van der Waals surface area contributed by atoms with Crippen LogP contribution in [-0.4, -0.2) is 29.4 Å². The van der Waals surface area contributed by atoms with Gasteiger partial charge in [0, 0.05) is 23.7 Å². The zero-order valence-electron chi connectivity index (χ0n) is 17.1. The van der Waals surface area contributed by atoms with Gasteiger partial charge < -0.3 is 9.64 Å². The standard InChI is InChI=1S/C25H25ClN2O2/c1-30-21-13-11-18(12-14-21)16-25(29)28-15-5-10-24(28)23-9-4-7-20(27-23)17-19-6-2-3-8-22(19)26/h2-4,6-9,11-14,24H,5,10,15-17H2,1H3/t24-/m0/s1. The molecule has 0 radical (unpaired) electrons. The van der Waals surface area contributed by atoms with Gasteiger partial charge in [-0.05, 0) is 54.3 Å². The Morgan fingerprint density at radius 3 is 2.67 bits per heavy atom. The van der Waals surface area contributed by atoms with Gasteiger partial charge in [0.1, 0.15) is 5.75 Å². The number of aromatic nitrogens is 1. The van der Waals surface area contributed by atoms with Gasteiger partial charge in [0.15, 0.2) is 0 Å². The molecule has 1 aliphatic rings. The van der Waals surface area contributed by atoms with Gasteiger partial charge in [-0.15, -0.1) is 0 Å². The molecule has 4 nitrogen and oxygen atoms in total. The van der Waals surface area contributed by atoms with E-state index in [1.54, 1.807) is 7.11 Å². The van der Waals surface area contributed by atoms with Gasteiger partial charge in [-0.25, -0.2) is 0 Å². The van der Waals surface area contributed by atoms with E-state index in [4.69, 9.17) is 21.3 Å². The van der Waals surface area contributed by atoms with E-state index >= 15 is 0 Å². The predicted octanol–water partition coefficient (Wildman–Crippen LogP) is 5.24. The number of hydrogen-bond acceptors (Lipinski definition) is 3. The van der Waals surface area contributed by atoms with Crippen LogP contribution in [0.3, 0.4) is 0 Å². The number of hydrogen-bond donors (Lipinski definition) is 0. The smallest absolute Gasteiger partial charge is 0.227 e. The molecular formula is C25H25ClN2O2. The van der Waals surface area contributed by atoms with Crippen molar-refractivity contribution in [2.45, 2.75) is 31.7 Å². The number of likely N-dealkylation sites (tertiary alicyclic amines) is 1. The first-order valence-corrected chi connectivity index (χ1v) is 10.6. The molecule has 1 saturated heterocycles. The summed E-state index contributed by atoms with van der Waals surface area (Å²) in [6.07, 6.45) is 3.01. The average Bonchev–Trinajstić information content (AvgIpc) is 3.26. The second-order valence-corrected chi connectivity index (χ2v) is 8.00. The Labute approximate surface area is 182 Å². The summed E-state index contributed by atoms with van der Waals surface area (Å²) in [7, 11) is 1.64. The second kappa shape index (κ2) is 9.31. The molecule has 0 aliphatic carbocycles. The lowest BCUT2D eigenvalue weighted by molar-refractivity contribution is -0.131. The van der Waals surface area contributed by atoms with Crippen molar-refractivity contribution in [3.8, 4) is 5.75 Å². The summed E-state index contributed by atoms with van der Waals surface area (Å²) in [4.78, 5) is 19.9. The van der Waals surface area contributed by atoms with E-state index < -0.39 is 0 Å². The third kappa shape index (κ3) is 4.65. The minimum absolute atomic E-state index is 0.0296. The zero-order chi connectivity index (χ0) is 20.9. The number of benzene rings is 2. The molecule has 1 atom stereocenters. The van der Waals surface area contributed by atoms with E-state index in [-0.39, 0.29) is 11.9 Å². The average molecular weight is 421 g/mol. The molecule has 2 aromatic carbocycles. The molecule has 5 heteroatoms. The highest BCUT2D eigenvalue weighted by molar-refractivity contribution is 6.31. The molecule has 0 spiro atoms. The maximum absolute atomic E-state index is 13.0. The van der Waals surface area contributed by atoms with E-state index in [1.807, 2.05) is 71.6 Å². The monoisotopic (exact) mass is 420 g/mol. The third-order valence-corrected chi connectivity index (χ3v) is 5.96. The van der Waals surface area contributed by atoms with Crippen LogP contribution in [0.15, 0.2) is 66.7 Å². The van der Waals surface area contributed by atoms with E-state index in [9.17, 15) is 4.79 Å². The molecule has 0 bridgehead atoms. The van der Waals surface area contributed by atoms with Crippen molar-refractivity contribution in [2.75, 3.05) is 13.7 Å². The fourth-order valence-electron chi connectivity index (χ4n) is 4.01. The Kier molecular flexibility index (Phi) is 6.34. The maximum Gasteiger partial charge on any atom is 0.227 e. The molecule has 154 valence electrons. The predicted molar refractivity (Wildman–Crippen MR) is 119 cm³/mol. The number of pyridine rings is 1. The van der Waals surface area contributed by atoms with Crippen molar-refractivity contribution in [3.05, 3.63) is 94.3 Å². The summed E-state index contributed by atoms with van der Waals surface area (Å²) in [6.45, 7) is 0.774. The van der Waals surface area contributed by atoms with Crippen LogP contribution < -0.4 is 4.74 Å². The lowest BCUT2D eigenvalue weighted by Crippen LogP contribution is -2.32. The van der Waals surface area contributed by atoms with Crippen molar-refractivity contribution in [3.63, 3.8) is 0 Å². The molecule has 0 saturated carbocycles. The van der Waals surface area contributed by atoms with Crippen LogP contribution in [-0.2, 0) is 17.6 Å². The minimum atomic E-state index is 0.0296. The van der Waals surface area contributed by atoms with Crippen molar-refractivity contribution in [1.82, 2.24) is 9.88 Å². The quantitative estimate of drug-likeness (QED) is 0.547. The van der Waals surface area contributed by atoms with Gasteiger partial charge >= 0.3 is 0 Å². The molecule has 1 amide bonds. The molecular weight excluding hydrogens is 396 g/mol. The van der Waals surface area contributed by atoms with Crippen LogP contribution in [0.25, 0.3) is 0 Å². The van der Waals surface area contributed by atoms with Crippen LogP contribution in [0.2, 0.25) is 5.02 Å². The van der Waals surface area contributed by atoms with Crippen LogP contribution >= 0.6 is 11.6 Å². The largest absolute Gasteiger partial charge is 0.497 e. The SMILES string of the molecule is COc1ccc(CC(=O)N2CCC[C@H]2c2cccc(Cc3ccccc3Cl)n2)cc1. The molecule has 0 unspecified atom stereocenters. The van der Waals surface area contributed by atoms with E-state index in [0.29, 0.717) is 12.8 Å². The van der Waals surface area contributed by atoms with Crippen molar-refractivity contribution >= 4 is 17.5 Å². The first-order chi connectivity index (χ1) is 14.6. The Morgan fingerprint density at radius 2 is 1.90 bits per heavy atom. The van der Waals surface area contributed by atoms with Gasteiger partial charge in [-0.3, -0.25) is 9.78 Å². The molecule has 1 aromatic heterocycles. The zero-order valence-corrected chi connectivity index (χ0v) is 17.8. The lowest BCUT2D eigenvalue weighted by Gasteiger charge is -2.25. The Morgan fingerprint density at radius 1 is 1.10 bits per heavy atom. The molecule has 4 rings (SSSR count). The van der Waals surface area contributed by atoms with Gasteiger partial charge in [0.25, 0.3) is 0 Å². The maximum atomic E-state index is 13.0. The Hall–Kier alpha value is -2.85. The lowest BCUT2D eigenvalue weighted by atomic mass is 10.1. The van der Waals surface area contributed by atoms with E-state index in [2.05, 4.69) is 0 Å². The fraction of sp³-hybridized carbons (Fsp3) is 0.280. The number of nitrogens with zero attached hydrogens (tertiary/aromatic N) is 2. The highest BCUT2D eigenvalue weighted by Gasteiger charge is 2.30. The topological polar surface area (TPSA) is 42.4 Å². The minimum Gasteiger partial charge on any atom is -0.497 e. The summed E-state index contributed by atoms with van der Waals surface area (Å²) in [6, 6.07) is 21.6. The van der Waals surface area contributed by atoms with E-state index in [1.165, 1.54) is 0 Å². The second-order valence-electron chi connectivity index (χ2n) is 7.59.